The maximum Gasteiger partial charge on any atom is 0.433 e. The molecule has 39 nitrogen and oxygen atoms in total. The number of aliphatic carboxylic acids is 2. The van der Waals surface area contributed by atoms with E-state index >= 15 is 0 Å². The maximum atomic E-state index is 13.5. The van der Waals surface area contributed by atoms with Gasteiger partial charge in [0.15, 0.2) is 0 Å². The number of esters is 4. The second-order valence-corrected chi connectivity index (χ2v) is 26.0. The number of unbranched alkanes of at least 4 members (excludes halogenated alkanes) is 16. The summed E-state index contributed by atoms with van der Waals surface area (Å²) in [6.45, 7) is 14.8. The number of amides is 13. The van der Waals surface area contributed by atoms with Gasteiger partial charge in [0.2, 0.25) is 0 Å². The van der Waals surface area contributed by atoms with Gasteiger partial charge >= 0.3 is 96.4 Å². The third kappa shape index (κ3) is 55.5. The van der Waals surface area contributed by atoms with Crippen LogP contribution >= 0.6 is 11.8 Å². The average Bonchev–Trinajstić information content (AvgIpc) is 0.905. The number of rotatable bonds is 62. The van der Waals surface area contributed by atoms with E-state index in [1.165, 1.54) is 0 Å². The summed E-state index contributed by atoms with van der Waals surface area (Å²) >= 11 is 0.756. The van der Waals surface area contributed by atoms with Crippen molar-refractivity contribution in [1.29, 1.82) is 0 Å². The number of carboxylic acids is 2. The van der Waals surface area contributed by atoms with Gasteiger partial charge in [0.25, 0.3) is 0 Å². The lowest BCUT2D eigenvalue weighted by atomic mass is 10.1. The van der Waals surface area contributed by atoms with Gasteiger partial charge in [0.05, 0.1) is 24.3 Å². The largest absolute Gasteiger partial charge is 0.481 e. The van der Waals surface area contributed by atoms with Crippen LogP contribution in [0, 0.1) is 0 Å². The fourth-order valence-corrected chi connectivity index (χ4v) is 10.1. The fourth-order valence-electron chi connectivity index (χ4n) is 9.15. The summed E-state index contributed by atoms with van der Waals surface area (Å²) in [6.07, 6.45) is 9.01. The molecule has 7 N–H and O–H groups in total. The van der Waals surface area contributed by atoms with E-state index in [4.69, 9.17) is 52.7 Å². The highest BCUT2D eigenvalue weighted by Gasteiger charge is 2.28. The van der Waals surface area contributed by atoms with Crippen LogP contribution in [0.5, 0.6) is 0 Å². The number of nitrogens with one attached hydrogen (secondary N) is 5. The molecule has 0 spiro atoms. The number of hydrogen-bond donors (Lipinski definition) is 7. The Kier molecular flexibility index (Phi) is 60.9. The van der Waals surface area contributed by atoms with Crippen molar-refractivity contribution in [2.75, 3.05) is 118 Å². The minimum absolute atomic E-state index is 0.0127. The molecule has 638 valence electrons. The first-order valence-electron chi connectivity index (χ1n) is 37.9. The quantitative estimate of drug-likeness (QED) is 0.00566. The molecule has 0 saturated carbocycles. The smallest absolute Gasteiger partial charge is 0.433 e. The van der Waals surface area contributed by atoms with E-state index in [1.54, 1.807) is 13.8 Å². The number of imide groups is 4. The number of carboxylic acid groups (broad SMARTS) is 2. The molecule has 0 aromatic carbocycles. The van der Waals surface area contributed by atoms with Gasteiger partial charge in [-0.25, -0.2) is 81.9 Å². The summed E-state index contributed by atoms with van der Waals surface area (Å²) in [5, 5.41) is 37.8. The number of carbonyl (C=O) groups excluding carboxylic acids is 14. The van der Waals surface area contributed by atoms with Crippen molar-refractivity contribution in [3.8, 4) is 0 Å². The molecule has 0 fully saturated rings. The van der Waals surface area contributed by atoms with Crippen LogP contribution in [0.4, 0.5) is 43.2 Å². The molecule has 0 heterocycles. The molecule has 0 aromatic rings. The highest BCUT2D eigenvalue weighted by atomic mass is 32.2. The summed E-state index contributed by atoms with van der Waals surface area (Å²) in [5.41, 5.74) is 1.35. The molecule has 0 saturated heterocycles. The van der Waals surface area contributed by atoms with Gasteiger partial charge in [0.1, 0.15) is 58.1 Å². The molecule has 0 bridgehead atoms. The molecular formula is C73H117N11O28S. The number of thioether (sulfide) groups is 1. The zero-order valence-corrected chi connectivity index (χ0v) is 66.5. The maximum absolute atomic E-state index is 13.5. The number of carbonyl (C=O) groups is 16. The molecule has 113 heavy (non-hydrogen) atoms. The molecule has 0 rings (SSSR count). The predicted octanol–water partition coefficient (Wildman–Crippen LogP) is 9.78. The molecule has 40 heteroatoms. The highest BCUT2D eigenvalue weighted by molar-refractivity contribution is 8.00. The van der Waals surface area contributed by atoms with E-state index in [0.717, 1.165) is 62.4 Å². The van der Waals surface area contributed by atoms with Crippen LogP contribution in [0.15, 0.2) is 48.3 Å². The van der Waals surface area contributed by atoms with Crippen molar-refractivity contribution in [1.82, 2.24) is 46.2 Å². The van der Waals surface area contributed by atoms with Crippen molar-refractivity contribution in [2.24, 2.45) is 10.3 Å². The molecule has 0 aliphatic heterocycles. The number of hydrogen-bond acceptors (Lipinski definition) is 29. The Morgan fingerprint density at radius 3 is 0.982 bits per heavy atom. The SMILES string of the molecule is C=CC(=O)OCCOC(=O)N(CCCCCCNC(=O)O/N=C(\C)CC)C(=O)NCCCCCCN(C(=O)NCCCCCCN(C(=O)NCCCCCCN(C(=O)NCCCCCCCC(=O)O/N=C(\C)CC)C(=O)OCCOC(=O)CCSC(CC(=O)O)C(=O)O)C(=O)OCCOC(=O)C=C)C(=O)OCCOC(=O)C=C. The number of oxime groups is 2. The zero-order valence-electron chi connectivity index (χ0n) is 65.6. The van der Waals surface area contributed by atoms with Gasteiger partial charge < -0.3 is 79.5 Å². The first-order chi connectivity index (χ1) is 54.2. The molecule has 0 aliphatic rings. The van der Waals surface area contributed by atoms with E-state index in [-0.39, 0.29) is 123 Å². The lowest BCUT2D eigenvalue weighted by Gasteiger charge is -2.22. The van der Waals surface area contributed by atoms with Crippen LogP contribution in [0.3, 0.4) is 0 Å². The van der Waals surface area contributed by atoms with Crippen LogP contribution in [0.25, 0.3) is 0 Å². The minimum Gasteiger partial charge on any atom is -0.481 e. The van der Waals surface area contributed by atoms with Gasteiger partial charge in [0, 0.05) is 89.3 Å². The Hall–Kier alpha value is -10.6. The topological polar surface area (TPSA) is 504 Å². The summed E-state index contributed by atoms with van der Waals surface area (Å²) < 4.78 is 40.6. The average molecular weight is 1630 g/mol. The second-order valence-electron chi connectivity index (χ2n) is 24.7. The second kappa shape index (κ2) is 67.2. The Balaban J connectivity index is 5.66. The van der Waals surface area contributed by atoms with Gasteiger partial charge in [-0.1, -0.05) is 115 Å². The zero-order chi connectivity index (χ0) is 84.2. The molecule has 1 atom stereocenters. The third-order valence-electron chi connectivity index (χ3n) is 15.6. The summed E-state index contributed by atoms with van der Waals surface area (Å²) in [4.78, 5) is 213. The summed E-state index contributed by atoms with van der Waals surface area (Å²) in [7, 11) is 0. The van der Waals surface area contributed by atoms with E-state index in [0.29, 0.717) is 140 Å². The van der Waals surface area contributed by atoms with Crippen LogP contribution in [-0.2, 0) is 81.1 Å². The number of ether oxygens (including phenoxy) is 8. The Morgan fingerprint density at radius 2 is 0.664 bits per heavy atom. The van der Waals surface area contributed by atoms with Gasteiger partial charge in [-0.05, 0) is 90.9 Å². The monoisotopic (exact) mass is 1630 g/mol. The van der Waals surface area contributed by atoms with Crippen molar-refractivity contribution >= 4 is 120 Å². The lowest BCUT2D eigenvalue weighted by Crippen LogP contribution is -2.45. The van der Waals surface area contributed by atoms with Crippen LogP contribution < -0.4 is 26.6 Å². The summed E-state index contributed by atoms with van der Waals surface area (Å²) in [5.74, 6) is -6.15. The first-order valence-corrected chi connectivity index (χ1v) is 39.0. The predicted molar refractivity (Wildman–Crippen MR) is 410 cm³/mol. The van der Waals surface area contributed by atoms with Crippen molar-refractivity contribution in [2.45, 2.75) is 200 Å². The van der Waals surface area contributed by atoms with E-state index in [2.05, 4.69) is 56.6 Å². The molecular weight excluding hydrogens is 1510 g/mol. The van der Waals surface area contributed by atoms with Gasteiger partial charge in [-0.3, -0.25) is 19.2 Å². The van der Waals surface area contributed by atoms with E-state index in [9.17, 15) is 81.8 Å². The molecule has 0 aliphatic carbocycles. The van der Waals surface area contributed by atoms with Crippen molar-refractivity contribution in [3.05, 3.63) is 38.0 Å². The highest BCUT2D eigenvalue weighted by Crippen LogP contribution is 2.18. The first kappa shape index (κ1) is 102. The van der Waals surface area contributed by atoms with Gasteiger partial charge in [-0.2, -0.15) is 0 Å². The van der Waals surface area contributed by atoms with Crippen LogP contribution in [0.1, 0.15) is 195 Å². The minimum atomic E-state index is -1.35. The van der Waals surface area contributed by atoms with Gasteiger partial charge in [-0.15, -0.1) is 11.8 Å². The Bertz CT molecular complexity index is 3050. The van der Waals surface area contributed by atoms with E-state index in [1.807, 2.05) is 13.8 Å². The number of urea groups is 4. The van der Waals surface area contributed by atoms with Crippen molar-refractivity contribution in [3.63, 3.8) is 0 Å². The lowest BCUT2D eigenvalue weighted by molar-refractivity contribution is -0.144. The molecule has 13 amide bonds. The third-order valence-corrected chi connectivity index (χ3v) is 16.8. The fraction of sp³-hybridized carbons (Fsp3) is 0.671. The number of nitrogens with zero attached hydrogens (tertiary/aromatic N) is 6. The Labute approximate surface area is 663 Å². The van der Waals surface area contributed by atoms with Crippen molar-refractivity contribution < 1.29 is 134 Å². The standard InChI is InChI=1S/C73H117N11O28S/c1-8-55(6)79-111-63(91)34-24-14-13-15-25-36-74-65(94)84(73(102)110-52-48-106-62(90)35-53-113-57(64(92)93)54-58(85)86)43-32-22-18-28-38-76-67(96)82(71(100)108-50-46-104-60(88)11-4)41-30-20-16-26-37-75-66(95)81(70(99)107-49-45-103-59(87)10-3)42-31-21-17-27-39-77-68(97)83(72(101)109-51-47-105-61(89)12-5)44-33-23-19-29-40-78-69(98)112-80-56(7)9-2/h10-12,57H,3-5,8-9,13-54H2,1-2,6-7H3,(H,74,94)(H,75,95)(H,76,96)(H,77,97)(H,78,98)(H,85,86)(H,92,93)/b79-55+,80-56+. The normalized spacial score (nSPS) is 11.1. The summed E-state index contributed by atoms with van der Waals surface area (Å²) in [6, 6.07) is -3.07. The molecule has 0 aromatic heterocycles. The Morgan fingerprint density at radius 1 is 0.372 bits per heavy atom. The molecule has 1 unspecified atom stereocenters. The van der Waals surface area contributed by atoms with Crippen LogP contribution in [0.2, 0.25) is 0 Å². The van der Waals surface area contributed by atoms with Crippen LogP contribution in [-0.4, -0.2) is 260 Å². The molecule has 0 radical (unpaired) electrons. The van der Waals surface area contributed by atoms with E-state index < -0.39 is 121 Å².